The highest BCUT2D eigenvalue weighted by Gasteiger charge is 2.32. The van der Waals surface area contributed by atoms with Gasteiger partial charge in [-0.1, -0.05) is 40.9 Å². The van der Waals surface area contributed by atoms with E-state index in [1.54, 1.807) is 48.4 Å². The van der Waals surface area contributed by atoms with Crippen molar-refractivity contribution in [1.82, 2.24) is 4.90 Å². The Labute approximate surface area is 241 Å². The molecule has 0 radical (unpaired) electrons. The van der Waals surface area contributed by atoms with Crippen molar-refractivity contribution >= 4 is 69.4 Å². The molecule has 1 amide bonds. The molecule has 0 unspecified atom stereocenters. The summed E-state index contributed by atoms with van der Waals surface area (Å²) >= 11 is 20.2. The molecule has 6 nitrogen and oxygen atoms in total. The van der Waals surface area contributed by atoms with Crippen molar-refractivity contribution in [1.29, 1.82) is 0 Å². The lowest BCUT2D eigenvalue weighted by atomic mass is 10.1. The first kappa shape index (κ1) is 28.2. The van der Waals surface area contributed by atoms with E-state index in [0.29, 0.717) is 55.4 Å². The molecule has 0 spiro atoms. The number of amides is 1. The Morgan fingerprint density at radius 3 is 2.39 bits per heavy atom. The topological polar surface area (TPSA) is 60.4 Å². The fourth-order valence-corrected chi connectivity index (χ4v) is 5.45. The summed E-state index contributed by atoms with van der Waals surface area (Å²) < 4.78 is 17.0. The SMILES string of the molecule is CCOc1cc(/C=C2/SC(=Nc3ccc(OC)cc3)N(CC)C2=O)cc(Cl)c1OCc1ccc(Cl)cc1Cl. The summed E-state index contributed by atoms with van der Waals surface area (Å²) in [5, 5.41) is 1.99. The number of amidine groups is 1. The smallest absolute Gasteiger partial charge is 0.266 e. The van der Waals surface area contributed by atoms with Gasteiger partial charge in [0.05, 0.1) is 29.3 Å². The largest absolute Gasteiger partial charge is 0.497 e. The summed E-state index contributed by atoms with van der Waals surface area (Å²) in [6.07, 6.45) is 1.78. The van der Waals surface area contributed by atoms with E-state index in [-0.39, 0.29) is 12.5 Å². The number of hydrogen-bond donors (Lipinski definition) is 0. The Kier molecular flexibility index (Phi) is 9.49. The summed E-state index contributed by atoms with van der Waals surface area (Å²) in [6.45, 7) is 4.86. The zero-order chi connectivity index (χ0) is 27.2. The lowest BCUT2D eigenvalue weighted by Crippen LogP contribution is -2.28. The zero-order valence-corrected chi connectivity index (χ0v) is 24.0. The highest BCUT2D eigenvalue weighted by atomic mass is 35.5. The second-order valence-electron chi connectivity index (χ2n) is 8.04. The Bertz CT molecular complexity index is 1390. The van der Waals surface area contributed by atoms with E-state index >= 15 is 0 Å². The summed E-state index contributed by atoms with van der Waals surface area (Å²) in [4.78, 5) is 20.0. The molecule has 0 N–H and O–H groups in total. The quantitative estimate of drug-likeness (QED) is 0.235. The maximum absolute atomic E-state index is 13.1. The summed E-state index contributed by atoms with van der Waals surface area (Å²) in [5.74, 6) is 1.47. The molecule has 38 heavy (non-hydrogen) atoms. The molecule has 1 saturated heterocycles. The molecule has 1 heterocycles. The maximum Gasteiger partial charge on any atom is 0.266 e. The molecule has 0 atom stereocenters. The van der Waals surface area contributed by atoms with Crippen LogP contribution in [0.2, 0.25) is 15.1 Å². The molecular formula is C28H25Cl3N2O4S. The third-order valence-corrected chi connectivity index (χ3v) is 7.39. The minimum atomic E-state index is -0.128. The summed E-state index contributed by atoms with van der Waals surface area (Å²) in [7, 11) is 1.61. The lowest BCUT2D eigenvalue weighted by Gasteiger charge is -2.15. The number of thioether (sulfide) groups is 1. The number of halogens is 3. The van der Waals surface area contributed by atoms with E-state index < -0.39 is 0 Å². The number of ether oxygens (including phenoxy) is 3. The van der Waals surface area contributed by atoms with Crippen molar-refractivity contribution in [3.8, 4) is 17.2 Å². The van der Waals surface area contributed by atoms with Gasteiger partial charge in [0.15, 0.2) is 16.7 Å². The highest BCUT2D eigenvalue weighted by Crippen LogP contribution is 2.40. The Hall–Kier alpha value is -2.84. The third kappa shape index (κ3) is 6.59. The number of hydrogen-bond acceptors (Lipinski definition) is 6. The number of carbonyl (C=O) groups excluding carboxylic acids is 1. The van der Waals surface area contributed by atoms with Crippen LogP contribution >= 0.6 is 46.6 Å². The fourth-order valence-electron chi connectivity index (χ4n) is 3.65. The molecule has 10 heteroatoms. The van der Waals surface area contributed by atoms with Gasteiger partial charge in [-0.2, -0.15) is 0 Å². The minimum Gasteiger partial charge on any atom is -0.497 e. The van der Waals surface area contributed by atoms with Gasteiger partial charge in [0.25, 0.3) is 5.91 Å². The van der Waals surface area contributed by atoms with Gasteiger partial charge >= 0.3 is 0 Å². The third-order valence-electron chi connectivity index (χ3n) is 5.52. The lowest BCUT2D eigenvalue weighted by molar-refractivity contribution is -0.122. The molecule has 4 rings (SSSR count). The Morgan fingerprint density at radius 2 is 1.74 bits per heavy atom. The van der Waals surface area contributed by atoms with Crippen molar-refractivity contribution in [2.24, 2.45) is 4.99 Å². The van der Waals surface area contributed by atoms with Crippen LogP contribution in [0.3, 0.4) is 0 Å². The van der Waals surface area contributed by atoms with Crippen LogP contribution in [-0.2, 0) is 11.4 Å². The van der Waals surface area contributed by atoms with E-state index in [1.807, 2.05) is 38.1 Å². The van der Waals surface area contributed by atoms with Crippen LogP contribution < -0.4 is 14.2 Å². The molecule has 1 aliphatic heterocycles. The number of nitrogens with zero attached hydrogens (tertiary/aromatic N) is 2. The van der Waals surface area contributed by atoms with Crippen molar-refractivity contribution in [2.75, 3.05) is 20.3 Å². The average Bonchev–Trinajstić information content (AvgIpc) is 3.18. The first-order valence-electron chi connectivity index (χ1n) is 11.8. The summed E-state index contributed by atoms with van der Waals surface area (Å²) in [6, 6.07) is 16.1. The number of methoxy groups -OCH3 is 1. The van der Waals surface area contributed by atoms with Gasteiger partial charge < -0.3 is 14.2 Å². The molecule has 1 fully saturated rings. The van der Waals surface area contributed by atoms with Crippen LogP contribution in [0.5, 0.6) is 17.2 Å². The van der Waals surface area contributed by atoms with Crippen LogP contribution in [0.1, 0.15) is 25.0 Å². The van der Waals surface area contributed by atoms with Crippen LogP contribution in [0, 0.1) is 0 Å². The van der Waals surface area contributed by atoms with Crippen molar-refractivity contribution in [2.45, 2.75) is 20.5 Å². The average molecular weight is 592 g/mol. The zero-order valence-electron chi connectivity index (χ0n) is 21.0. The molecule has 0 aromatic heterocycles. The van der Waals surface area contributed by atoms with Crippen molar-refractivity contribution in [3.63, 3.8) is 0 Å². The van der Waals surface area contributed by atoms with Crippen LogP contribution in [-0.4, -0.2) is 36.2 Å². The number of benzene rings is 3. The standard InChI is InChI=1S/C28H25Cl3N2O4S/c1-4-33-27(34)25(38-28(33)32-20-8-10-21(35-3)11-9-20)14-17-12-23(31)26(24(13-17)36-5-2)37-16-18-6-7-19(29)15-22(18)30/h6-15H,4-5,16H2,1-3H3/b25-14+,32-28?. The monoisotopic (exact) mass is 590 g/mol. The second kappa shape index (κ2) is 12.8. The van der Waals surface area contributed by atoms with E-state index in [1.165, 1.54) is 11.8 Å². The molecule has 0 saturated carbocycles. The predicted octanol–water partition coefficient (Wildman–Crippen LogP) is 8.26. The Balaban J connectivity index is 1.60. The van der Waals surface area contributed by atoms with Crippen molar-refractivity contribution < 1.29 is 19.0 Å². The summed E-state index contributed by atoms with van der Waals surface area (Å²) in [5.41, 5.74) is 2.19. The fraction of sp³-hybridized carbons (Fsp3) is 0.214. The van der Waals surface area contributed by atoms with Gasteiger partial charge in [-0.3, -0.25) is 9.69 Å². The number of aliphatic imine (C=N–C) groups is 1. The van der Waals surface area contributed by atoms with Gasteiger partial charge in [-0.25, -0.2) is 4.99 Å². The highest BCUT2D eigenvalue weighted by molar-refractivity contribution is 8.18. The van der Waals surface area contributed by atoms with Gasteiger partial charge in [0.2, 0.25) is 0 Å². The molecule has 0 aliphatic carbocycles. The predicted molar refractivity (Wildman–Crippen MR) is 156 cm³/mol. The number of carbonyl (C=O) groups is 1. The molecule has 1 aliphatic rings. The van der Waals surface area contributed by atoms with Gasteiger partial charge in [-0.05, 0) is 85.8 Å². The van der Waals surface area contributed by atoms with Crippen LogP contribution in [0.15, 0.2) is 64.5 Å². The van der Waals surface area contributed by atoms with Crippen molar-refractivity contribution in [3.05, 3.63) is 85.7 Å². The van der Waals surface area contributed by atoms with E-state index in [4.69, 9.17) is 49.0 Å². The second-order valence-corrected chi connectivity index (χ2v) is 10.3. The minimum absolute atomic E-state index is 0.128. The first-order valence-corrected chi connectivity index (χ1v) is 13.7. The van der Waals surface area contributed by atoms with Gasteiger partial charge in [0.1, 0.15) is 12.4 Å². The number of rotatable bonds is 9. The van der Waals surface area contributed by atoms with Gasteiger partial charge in [-0.15, -0.1) is 0 Å². The van der Waals surface area contributed by atoms with Crippen LogP contribution in [0.25, 0.3) is 6.08 Å². The molecule has 0 bridgehead atoms. The normalized spacial score (nSPS) is 15.4. The maximum atomic E-state index is 13.1. The van der Waals surface area contributed by atoms with Crippen LogP contribution in [0.4, 0.5) is 5.69 Å². The molecule has 3 aromatic carbocycles. The first-order chi connectivity index (χ1) is 18.3. The van der Waals surface area contributed by atoms with E-state index in [2.05, 4.69) is 4.99 Å². The van der Waals surface area contributed by atoms with Gasteiger partial charge in [0, 0.05) is 22.2 Å². The molecule has 198 valence electrons. The number of likely N-dealkylation sites (N-methyl/N-ethyl adjacent to an activating group) is 1. The van der Waals surface area contributed by atoms with E-state index in [0.717, 1.165) is 17.0 Å². The Morgan fingerprint density at radius 1 is 0.974 bits per heavy atom. The molecular weight excluding hydrogens is 567 g/mol. The van der Waals surface area contributed by atoms with E-state index in [9.17, 15) is 4.79 Å². The molecule has 3 aromatic rings.